The van der Waals surface area contributed by atoms with Crippen molar-refractivity contribution in [2.45, 2.75) is 85.5 Å². The van der Waals surface area contributed by atoms with E-state index in [2.05, 4.69) is 32.6 Å². The fraction of sp³-hybridized carbons (Fsp3) is 1.00. The summed E-state index contributed by atoms with van der Waals surface area (Å²) in [7, 11) is -3.78. The first-order chi connectivity index (χ1) is 14.3. The third-order valence-electron chi connectivity index (χ3n) is 5.92. The maximum absolute atomic E-state index is 10.4. The van der Waals surface area contributed by atoms with Crippen molar-refractivity contribution in [3.8, 4) is 0 Å². The molecule has 182 valence electrons. The van der Waals surface area contributed by atoms with Crippen LogP contribution in [0.5, 0.6) is 0 Å². The minimum absolute atomic E-state index is 0.148. The predicted molar refractivity (Wildman–Crippen MR) is 128 cm³/mol. The second-order valence-electron chi connectivity index (χ2n) is 8.74. The minimum Gasteiger partial charge on any atom is -0.379 e. The average molecular weight is 452 g/mol. The molecule has 0 atom stereocenters. The van der Waals surface area contributed by atoms with Gasteiger partial charge in [-0.25, -0.2) is 0 Å². The maximum atomic E-state index is 10.4. The molecule has 0 unspecified atom stereocenters. The van der Waals surface area contributed by atoms with E-state index in [9.17, 15) is 8.42 Å². The zero-order valence-electron chi connectivity index (χ0n) is 20.4. The van der Waals surface area contributed by atoms with Gasteiger partial charge in [0.1, 0.15) is 0 Å². The first-order valence-corrected chi connectivity index (χ1v) is 14.0. The lowest BCUT2D eigenvalue weighted by molar-refractivity contribution is -0.929. The maximum Gasteiger partial charge on any atom is 0.264 e. The Hall–Kier alpha value is -0.210. The van der Waals surface area contributed by atoms with Gasteiger partial charge < -0.3 is 9.22 Å². The largest absolute Gasteiger partial charge is 0.379 e. The summed E-state index contributed by atoms with van der Waals surface area (Å²) >= 11 is 0. The van der Waals surface area contributed by atoms with E-state index in [4.69, 9.17) is 9.29 Å². The van der Waals surface area contributed by atoms with Crippen molar-refractivity contribution in [1.29, 1.82) is 0 Å². The molecule has 1 fully saturated rings. The van der Waals surface area contributed by atoms with Gasteiger partial charge in [0.25, 0.3) is 10.1 Å². The first-order valence-electron chi connectivity index (χ1n) is 12.4. The van der Waals surface area contributed by atoms with E-state index in [0.717, 1.165) is 13.1 Å². The Labute approximate surface area is 187 Å². The van der Waals surface area contributed by atoms with E-state index >= 15 is 0 Å². The van der Waals surface area contributed by atoms with Crippen LogP contribution in [0.4, 0.5) is 0 Å². The third kappa shape index (κ3) is 16.5. The average Bonchev–Trinajstić information content (AvgIpc) is 2.73. The number of rotatable bonds is 16. The fourth-order valence-electron chi connectivity index (χ4n) is 3.94. The second kappa shape index (κ2) is 18.4. The Morgan fingerprint density at radius 3 is 1.50 bits per heavy atom. The highest BCUT2D eigenvalue weighted by atomic mass is 32.2. The van der Waals surface area contributed by atoms with Gasteiger partial charge in [0.15, 0.2) is 0 Å². The summed E-state index contributed by atoms with van der Waals surface area (Å²) in [6.45, 7) is 18.9. The topological polar surface area (TPSA) is 66.8 Å². The van der Waals surface area contributed by atoms with Crippen LogP contribution in [0.1, 0.15) is 85.5 Å². The van der Waals surface area contributed by atoms with Crippen molar-refractivity contribution < 1.29 is 22.2 Å². The molecule has 6 nitrogen and oxygen atoms in total. The van der Waals surface area contributed by atoms with E-state index in [1.807, 2.05) is 0 Å². The highest BCUT2D eigenvalue weighted by molar-refractivity contribution is 7.85. The summed E-state index contributed by atoms with van der Waals surface area (Å²) in [4.78, 5) is 2.13. The Balaban J connectivity index is 0.000000579. The van der Waals surface area contributed by atoms with Crippen molar-refractivity contribution in [2.75, 3.05) is 64.8 Å². The van der Waals surface area contributed by atoms with Gasteiger partial charge in [-0.15, -0.1) is 0 Å². The molecule has 1 saturated heterocycles. The van der Waals surface area contributed by atoms with Crippen molar-refractivity contribution in [2.24, 2.45) is 0 Å². The third-order valence-corrected chi connectivity index (χ3v) is 6.73. The second-order valence-corrected chi connectivity index (χ2v) is 10.3. The van der Waals surface area contributed by atoms with Crippen LogP contribution in [-0.2, 0) is 14.9 Å². The van der Waals surface area contributed by atoms with Crippen molar-refractivity contribution in [1.82, 2.24) is 4.90 Å². The summed E-state index contributed by atoms with van der Waals surface area (Å²) in [5.41, 5.74) is 0. The summed E-state index contributed by atoms with van der Waals surface area (Å²) in [6.07, 6.45) is 11.5. The molecule has 0 aromatic carbocycles. The van der Waals surface area contributed by atoms with Gasteiger partial charge in [0.05, 0.1) is 45.1 Å². The van der Waals surface area contributed by atoms with Gasteiger partial charge in [-0.2, -0.15) is 8.42 Å². The zero-order valence-corrected chi connectivity index (χ0v) is 21.2. The molecular weight excluding hydrogens is 400 g/mol. The van der Waals surface area contributed by atoms with Crippen LogP contribution in [-0.4, -0.2) is 87.1 Å². The van der Waals surface area contributed by atoms with Crippen LogP contribution in [0.2, 0.25) is 0 Å². The molecule has 1 heterocycles. The molecule has 1 aliphatic heterocycles. The number of nitrogens with zero attached hydrogens (tertiary/aromatic N) is 2. The molecule has 0 aliphatic carbocycles. The van der Waals surface area contributed by atoms with Crippen LogP contribution < -0.4 is 0 Å². The predicted octanol–water partition coefficient (Wildman–Crippen LogP) is 4.60. The van der Waals surface area contributed by atoms with Crippen LogP contribution in [0, 0.1) is 0 Å². The van der Waals surface area contributed by atoms with E-state index in [1.54, 1.807) is 0 Å². The molecule has 1 rings (SSSR count). The van der Waals surface area contributed by atoms with Gasteiger partial charge in [-0.3, -0.25) is 9.45 Å². The van der Waals surface area contributed by atoms with Crippen LogP contribution >= 0.6 is 0 Å². The highest BCUT2D eigenvalue weighted by Crippen LogP contribution is 2.16. The number of hydrogen-bond donors (Lipinski definition) is 1. The Morgan fingerprint density at radius 2 is 1.17 bits per heavy atom. The van der Waals surface area contributed by atoms with Gasteiger partial charge in [0, 0.05) is 13.1 Å². The number of ether oxygens (including phenoxy) is 1. The molecular formula is C23H51N2O4S+. The van der Waals surface area contributed by atoms with Crippen molar-refractivity contribution >= 4 is 10.1 Å². The van der Waals surface area contributed by atoms with Crippen molar-refractivity contribution in [3.63, 3.8) is 0 Å². The van der Waals surface area contributed by atoms with E-state index in [-0.39, 0.29) is 5.75 Å². The van der Waals surface area contributed by atoms with Crippen LogP contribution in [0.3, 0.4) is 0 Å². The minimum atomic E-state index is -3.78. The SMILES string of the molecule is CCCC[N+](CCCC)(CCCC)CCCC.O=S(=O)(O)CCCN1CCOCC1. The molecule has 7 heteroatoms. The van der Waals surface area contributed by atoms with E-state index in [1.165, 1.54) is 82.0 Å². The number of morpholine rings is 1. The first kappa shape index (κ1) is 29.8. The molecule has 0 spiro atoms. The number of hydrogen-bond acceptors (Lipinski definition) is 4. The standard InChI is InChI=1S/C16H36N.C7H15NO4S/c1-5-9-13-17(14-10-6-2,15-11-7-3)16-12-8-4;9-13(10,11)7-1-2-8-3-5-12-6-4-8/h5-16H2,1-4H3;1-7H2,(H,9,10,11)/q+1;. The smallest absolute Gasteiger partial charge is 0.264 e. The van der Waals surface area contributed by atoms with Crippen LogP contribution in [0.25, 0.3) is 0 Å². The summed E-state index contributed by atoms with van der Waals surface area (Å²) in [5.74, 6) is -0.148. The normalized spacial score (nSPS) is 15.6. The molecule has 1 N–H and O–H groups in total. The molecule has 0 amide bonds. The van der Waals surface area contributed by atoms with Crippen molar-refractivity contribution in [3.05, 3.63) is 0 Å². The summed E-state index contributed by atoms with van der Waals surface area (Å²) in [6, 6.07) is 0. The quantitative estimate of drug-likeness (QED) is 0.274. The lowest BCUT2D eigenvalue weighted by Crippen LogP contribution is -2.50. The lowest BCUT2D eigenvalue weighted by atomic mass is 10.1. The molecule has 0 saturated carbocycles. The summed E-state index contributed by atoms with van der Waals surface area (Å²) < 4.78 is 35.8. The fourth-order valence-corrected chi connectivity index (χ4v) is 4.43. The monoisotopic (exact) mass is 451 g/mol. The number of unbranched alkanes of at least 4 members (excludes halogenated alkanes) is 4. The Bertz CT molecular complexity index is 442. The van der Waals surface area contributed by atoms with Crippen LogP contribution in [0.15, 0.2) is 0 Å². The van der Waals surface area contributed by atoms with Gasteiger partial charge in [-0.05, 0) is 38.6 Å². The molecule has 1 aliphatic rings. The Morgan fingerprint density at radius 1 is 0.767 bits per heavy atom. The molecule has 30 heavy (non-hydrogen) atoms. The Kier molecular flexibility index (Phi) is 18.2. The molecule has 0 aromatic rings. The van der Waals surface area contributed by atoms with E-state index in [0.29, 0.717) is 26.2 Å². The van der Waals surface area contributed by atoms with Gasteiger partial charge >= 0.3 is 0 Å². The molecule has 0 radical (unpaired) electrons. The highest BCUT2D eigenvalue weighted by Gasteiger charge is 2.24. The number of quaternary nitrogens is 1. The molecule has 0 aromatic heterocycles. The molecule has 0 bridgehead atoms. The lowest BCUT2D eigenvalue weighted by Gasteiger charge is -2.39. The van der Waals surface area contributed by atoms with E-state index < -0.39 is 10.1 Å². The van der Waals surface area contributed by atoms with Gasteiger partial charge in [-0.1, -0.05) is 53.4 Å². The van der Waals surface area contributed by atoms with Gasteiger partial charge in [0.2, 0.25) is 0 Å². The zero-order chi connectivity index (χ0) is 22.7. The summed E-state index contributed by atoms with van der Waals surface area (Å²) in [5, 5.41) is 0.